The number of amides is 1. The third-order valence-electron chi connectivity index (χ3n) is 3.41. The van der Waals surface area contributed by atoms with E-state index in [1.165, 1.54) is 0 Å². The van der Waals surface area contributed by atoms with E-state index in [1.807, 2.05) is 11.8 Å². The lowest BCUT2D eigenvalue weighted by Crippen LogP contribution is -2.49. The van der Waals surface area contributed by atoms with Crippen LogP contribution in [0.15, 0.2) is 0 Å². The number of piperidine rings is 1. The first-order valence-electron chi connectivity index (χ1n) is 6.69. The van der Waals surface area contributed by atoms with Gasteiger partial charge in [-0.3, -0.25) is 4.79 Å². The predicted octanol–water partition coefficient (Wildman–Crippen LogP) is 0.496. The number of hydrogen-bond donors (Lipinski definition) is 1. The van der Waals surface area contributed by atoms with Gasteiger partial charge in [0.2, 0.25) is 5.91 Å². The third kappa shape index (κ3) is 4.55. The Morgan fingerprint density at radius 2 is 2.22 bits per heavy atom. The van der Waals surface area contributed by atoms with Gasteiger partial charge in [0.15, 0.2) is 0 Å². The van der Waals surface area contributed by atoms with E-state index >= 15 is 0 Å². The van der Waals surface area contributed by atoms with Gasteiger partial charge >= 0.3 is 0 Å². The largest absolute Gasteiger partial charge is 0.383 e. The van der Waals surface area contributed by atoms with Crippen LogP contribution in [0.5, 0.6) is 0 Å². The maximum atomic E-state index is 12.5. The first-order valence-corrected chi connectivity index (χ1v) is 6.69. The van der Waals surface area contributed by atoms with Crippen LogP contribution in [-0.2, 0) is 14.3 Å². The fraction of sp³-hybridized carbons (Fsp3) is 0.923. The minimum absolute atomic E-state index is 0.0968. The average molecular weight is 258 g/mol. The summed E-state index contributed by atoms with van der Waals surface area (Å²) in [6.07, 6.45) is 2.06. The highest BCUT2D eigenvalue weighted by Crippen LogP contribution is 2.15. The zero-order valence-corrected chi connectivity index (χ0v) is 11.8. The second-order valence-electron chi connectivity index (χ2n) is 4.87. The summed E-state index contributed by atoms with van der Waals surface area (Å²) in [5, 5.41) is 3.29. The lowest BCUT2D eigenvalue weighted by Gasteiger charge is -2.33. The molecule has 5 nitrogen and oxygen atoms in total. The molecular weight excluding hydrogens is 232 g/mol. The molecule has 1 unspecified atom stereocenters. The molecule has 5 heteroatoms. The zero-order valence-electron chi connectivity index (χ0n) is 11.8. The van der Waals surface area contributed by atoms with Crippen LogP contribution in [0.1, 0.15) is 19.8 Å². The fourth-order valence-corrected chi connectivity index (χ4v) is 2.37. The zero-order chi connectivity index (χ0) is 13.4. The van der Waals surface area contributed by atoms with Gasteiger partial charge in [-0.1, -0.05) is 0 Å². The van der Waals surface area contributed by atoms with Crippen molar-refractivity contribution in [2.24, 2.45) is 5.92 Å². The first kappa shape index (κ1) is 15.4. The van der Waals surface area contributed by atoms with E-state index in [9.17, 15) is 4.79 Å². The molecule has 1 heterocycles. The van der Waals surface area contributed by atoms with Crippen LogP contribution in [0.2, 0.25) is 0 Å². The molecule has 106 valence electrons. The second-order valence-corrected chi connectivity index (χ2v) is 4.87. The minimum atomic E-state index is 0.0968. The Morgan fingerprint density at radius 3 is 2.78 bits per heavy atom. The van der Waals surface area contributed by atoms with E-state index in [4.69, 9.17) is 9.47 Å². The molecule has 2 atom stereocenters. The molecule has 0 aromatic rings. The Bertz CT molecular complexity index is 242. The number of nitrogens with one attached hydrogen (secondary N) is 1. The Hall–Kier alpha value is -0.650. The number of rotatable bonds is 7. The standard InChI is InChI=1S/C13H26N2O3/c1-11(10-18-3)15(7-8-17-2)13(16)12-5-4-6-14-9-12/h11-12,14H,4-10H2,1-3H3/t11?,12-/m1/s1. The van der Waals surface area contributed by atoms with Crippen molar-refractivity contribution in [3.63, 3.8) is 0 Å². The van der Waals surface area contributed by atoms with Gasteiger partial charge in [0.05, 0.1) is 25.2 Å². The number of hydrogen-bond acceptors (Lipinski definition) is 4. The average Bonchev–Trinajstić information content (AvgIpc) is 2.40. The number of nitrogens with zero attached hydrogens (tertiary/aromatic N) is 1. The van der Waals surface area contributed by atoms with Crippen molar-refractivity contribution in [2.45, 2.75) is 25.8 Å². The quantitative estimate of drug-likeness (QED) is 0.722. The molecule has 0 saturated carbocycles. The van der Waals surface area contributed by atoms with Gasteiger partial charge in [0.1, 0.15) is 0 Å². The Morgan fingerprint density at radius 1 is 1.44 bits per heavy atom. The van der Waals surface area contributed by atoms with Crippen LogP contribution in [0.3, 0.4) is 0 Å². The molecule has 1 fully saturated rings. The molecular formula is C13H26N2O3. The van der Waals surface area contributed by atoms with Gasteiger partial charge in [-0.25, -0.2) is 0 Å². The van der Waals surface area contributed by atoms with E-state index < -0.39 is 0 Å². The third-order valence-corrected chi connectivity index (χ3v) is 3.41. The van der Waals surface area contributed by atoms with Gasteiger partial charge in [0.25, 0.3) is 0 Å². The van der Waals surface area contributed by atoms with Crippen LogP contribution in [0.25, 0.3) is 0 Å². The molecule has 0 bridgehead atoms. The summed E-state index contributed by atoms with van der Waals surface area (Å²) in [6.45, 7) is 5.61. The molecule has 0 aromatic carbocycles. The summed E-state index contributed by atoms with van der Waals surface area (Å²) < 4.78 is 10.2. The van der Waals surface area contributed by atoms with Gasteiger partial charge in [-0.05, 0) is 26.3 Å². The van der Waals surface area contributed by atoms with E-state index in [0.29, 0.717) is 19.8 Å². The highest BCUT2D eigenvalue weighted by atomic mass is 16.5. The first-order chi connectivity index (χ1) is 8.70. The number of methoxy groups -OCH3 is 2. The minimum Gasteiger partial charge on any atom is -0.383 e. The topological polar surface area (TPSA) is 50.8 Å². The molecule has 1 N–H and O–H groups in total. The van der Waals surface area contributed by atoms with Crippen molar-refractivity contribution in [1.29, 1.82) is 0 Å². The van der Waals surface area contributed by atoms with Crippen LogP contribution in [0.4, 0.5) is 0 Å². The number of ether oxygens (including phenoxy) is 2. The highest BCUT2D eigenvalue weighted by molar-refractivity contribution is 5.79. The molecule has 18 heavy (non-hydrogen) atoms. The van der Waals surface area contributed by atoms with Crippen molar-refractivity contribution in [1.82, 2.24) is 10.2 Å². The summed E-state index contributed by atoms with van der Waals surface area (Å²) >= 11 is 0. The fourth-order valence-electron chi connectivity index (χ4n) is 2.37. The summed E-state index contributed by atoms with van der Waals surface area (Å²) in [4.78, 5) is 14.4. The van der Waals surface area contributed by atoms with Crippen molar-refractivity contribution in [3.05, 3.63) is 0 Å². The van der Waals surface area contributed by atoms with Crippen molar-refractivity contribution < 1.29 is 14.3 Å². The molecule has 1 rings (SSSR count). The van der Waals surface area contributed by atoms with Crippen LogP contribution >= 0.6 is 0 Å². The molecule has 1 aliphatic rings. The molecule has 1 aliphatic heterocycles. The Labute approximate surface area is 110 Å². The van der Waals surface area contributed by atoms with Crippen molar-refractivity contribution in [3.8, 4) is 0 Å². The van der Waals surface area contributed by atoms with Gasteiger partial charge in [-0.2, -0.15) is 0 Å². The van der Waals surface area contributed by atoms with E-state index in [0.717, 1.165) is 25.9 Å². The number of carbonyl (C=O) groups excluding carboxylic acids is 1. The number of carbonyl (C=O) groups is 1. The monoisotopic (exact) mass is 258 g/mol. The van der Waals surface area contributed by atoms with E-state index in [-0.39, 0.29) is 17.9 Å². The molecule has 1 amide bonds. The highest BCUT2D eigenvalue weighted by Gasteiger charge is 2.28. The lowest BCUT2D eigenvalue weighted by atomic mass is 9.97. The van der Waals surface area contributed by atoms with Crippen LogP contribution in [0, 0.1) is 5.92 Å². The van der Waals surface area contributed by atoms with Gasteiger partial charge in [0, 0.05) is 27.3 Å². The summed E-state index contributed by atoms with van der Waals surface area (Å²) in [5.74, 6) is 0.332. The second kappa shape index (κ2) is 8.45. The van der Waals surface area contributed by atoms with Crippen molar-refractivity contribution >= 4 is 5.91 Å². The molecule has 0 radical (unpaired) electrons. The maximum absolute atomic E-state index is 12.5. The molecule has 0 aromatic heterocycles. The van der Waals surface area contributed by atoms with Crippen LogP contribution < -0.4 is 5.32 Å². The molecule has 0 aliphatic carbocycles. The van der Waals surface area contributed by atoms with Gasteiger partial charge < -0.3 is 19.7 Å². The summed E-state index contributed by atoms with van der Waals surface area (Å²) in [7, 11) is 3.32. The molecule has 0 spiro atoms. The normalized spacial score (nSPS) is 21.6. The summed E-state index contributed by atoms with van der Waals surface area (Å²) in [5.41, 5.74) is 0. The molecule has 1 saturated heterocycles. The van der Waals surface area contributed by atoms with Crippen molar-refractivity contribution in [2.75, 3.05) is 47.1 Å². The maximum Gasteiger partial charge on any atom is 0.227 e. The SMILES string of the molecule is COCCN(C(=O)[C@@H]1CCCNC1)C(C)COC. The lowest BCUT2D eigenvalue weighted by molar-refractivity contribution is -0.140. The predicted molar refractivity (Wildman–Crippen MR) is 70.5 cm³/mol. The Kier molecular flexibility index (Phi) is 7.23. The Balaban J connectivity index is 2.58. The smallest absolute Gasteiger partial charge is 0.227 e. The van der Waals surface area contributed by atoms with Crippen LogP contribution in [-0.4, -0.2) is 63.9 Å². The van der Waals surface area contributed by atoms with Gasteiger partial charge in [-0.15, -0.1) is 0 Å². The van der Waals surface area contributed by atoms with E-state index in [1.54, 1.807) is 14.2 Å². The summed E-state index contributed by atoms with van der Waals surface area (Å²) in [6, 6.07) is 0.0968. The van der Waals surface area contributed by atoms with E-state index in [2.05, 4.69) is 5.32 Å².